The second-order valence-electron chi connectivity index (χ2n) is 6.19. The summed E-state index contributed by atoms with van der Waals surface area (Å²) in [5.74, 6) is 1.71. The molecule has 0 heterocycles. The second-order valence-corrected chi connectivity index (χ2v) is 6.19. The zero-order chi connectivity index (χ0) is 9.81. The first-order chi connectivity index (χ1) is 6.63. The fourth-order valence-electron chi connectivity index (χ4n) is 4.88. The van der Waals surface area contributed by atoms with Crippen LogP contribution < -0.4 is 0 Å². The van der Waals surface area contributed by atoms with Gasteiger partial charge in [0.15, 0.2) is 0 Å². The number of azide groups is 1. The van der Waals surface area contributed by atoms with E-state index < -0.39 is 0 Å². The summed E-state index contributed by atoms with van der Waals surface area (Å²) in [6.45, 7) is 2.39. The summed E-state index contributed by atoms with van der Waals surface area (Å²) in [5, 5.41) is 4.14. The third-order valence-electron chi connectivity index (χ3n) is 4.58. The van der Waals surface area contributed by atoms with Gasteiger partial charge in [-0.25, -0.2) is 0 Å². The first kappa shape index (κ1) is 8.60. The zero-order valence-corrected chi connectivity index (χ0v) is 8.74. The Morgan fingerprint density at radius 1 is 1.21 bits per heavy atom. The van der Waals surface area contributed by atoms with E-state index in [1.807, 2.05) is 0 Å². The van der Waals surface area contributed by atoms with Gasteiger partial charge in [-0.05, 0) is 61.3 Å². The van der Waals surface area contributed by atoms with Gasteiger partial charge in [0.1, 0.15) is 0 Å². The fraction of sp³-hybridized carbons (Fsp3) is 1.00. The van der Waals surface area contributed by atoms with Crippen LogP contribution in [0.1, 0.15) is 45.4 Å². The predicted molar refractivity (Wildman–Crippen MR) is 54.7 cm³/mol. The lowest BCUT2D eigenvalue weighted by atomic mass is 9.48. The van der Waals surface area contributed by atoms with E-state index in [2.05, 4.69) is 16.9 Å². The van der Waals surface area contributed by atoms with Crippen molar-refractivity contribution in [2.24, 2.45) is 22.4 Å². The van der Waals surface area contributed by atoms with E-state index in [-0.39, 0.29) is 5.54 Å². The van der Waals surface area contributed by atoms with Crippen molar-refractivity contribution in [3.05, 3.63) is 10.4 Å². The molecule has 14 heavy (non-hydrogen) atoms. The Hall–Kier alpha value is -0.690. The highest BCUT2D eigenvalue weighted by Crippen LogP contribution is 2.62. The van der Waals surface area contributed by atoms with Crippen molar-refractivity contribution >= 4 is 0 Å². The highest BCUT2D eigenvalue weighted by molar-refractivity contribution is 5.10. The monoisotopic (exact) mass is 191 g/mol. The van der Waals surface area contributed by atoms with Crippen LogP contribution in [0.15, 0.2) is 5.11 Å². The molecule has 4 rings (SSSR count). The van der Waals surface area contributed by atoms with Gasteiger partial charge in [-0.3, -0.25) is 0 Å². The van der Waals surface area contributed by atoms with E-state index >= 15 is 0 Å². The van der Waals surface area contributed by atoms with Crippen LogP contribution >= 0.6 is 0 Å². The zero-order valence-electron chi connectivity index (χ0n) is 8.74. The number of rotatable bonds is 1. The average Bonchev–Trinajstić information content (AvgIpc) is 1.97. The van der Waals surface area contributed by atoms with Crippen molar-refractivity contribution in [1.29, 1.82) is 0 Å². The van der Waals surface area contributed by atoms with Gasteiger partial charge in [-0.2, -0.15) is 0 Å². The molecule has 0 unspecified atom stereocenters. The minimum Gasteiger partial charge on any atom is -0.0872 e. The van der Waals surface area contributed by atoms with Gasteiger partial charge in [-0.15, -0.1) is 0 Å². The Kier molecular flexibility index (Phi) is 1.51. The molecule has 76 valence electrons. The van der Waals surface area contributed by atoms with Gasteiger partial charge in [-0.1, -0.05) is 12.0 Å². The van der Waals surface area contributed by atoms with Crippen molar-refractivity contribution in [1.82, 2.24) is 0 Å². The Morgan fingerprint density at radius 2 is 1.86 bits per heavy atom. The molecule has 4 bridgehead atoms. The maximum absolute atomic E-state index is 8.67. The van der Waals surface area contributed by atoms with Crippen molar-refractivity contribution in [3.8, 4) is 0 Å². The summed E-state index contributed by atoms with van der Waals surface area (Å²) in [6, 6.07) is 0. The predicted octanol–water partition coefficient (Wildman–Crippen LogP) is 3.66. The first-order valence-electron chi connectivity index (χ1n) is 5.69. The van der Waals surface area contributed by atoms with Gasteiger partial charge >= 0.3 is 0 Å². The maximum atomic E-state index is 8.67. The summed E-state index contributed by atoms with van der Waals surface area (Å²) in [5.41, 5.74) is 9.19. The fourth-order valence-corrected chi connectivity index (χ4v) is 4.88. The molecule has 4 fully saturated rings. The SMILES string of the molecule is CC12C[C@@H]3C[C@@H](C1)CC(N=[N+]=[N-])(C3)C2. The van der Waals surface area contributed by atoms with Crippen molar-refractivity contribution in [2.75, 3.05) is 0 Å². The third-order valence-corrected chi connectivity index (χ3v) is 4.58. The van der Waals surface area contributed by atoms with Crippen LogP contribution in [-0.2, 0) is 0 Å². The molecular formula is C11H17N3. The van der Waals surface area contributed by atoms with E-state index in [0.717, 1.165) is 18.3 Å². The molecule has 0 aromatic carbocycles. The van der Waals surface area contributed by atoms with Crippen LogP contribution in [0.5, 0.6) is 0 Å². The van der Waals surface area contributed by atoms with E-state index in [0.29, 0.717) is 5.41 Å². The summed E-state index contributed by atoms with van der Waals surface area (Å²) >= 11 is 0. The normalized spacial score (nSPS) is 54.4. The lowest BCUT2D eigenvalue weighted by Gasteiger charge is -2.59. The molecule has 4 aliphatic rings. The molecule has 2 atom stereocenters. The molecule has 0 N–H and O–H groups in total. The average molecular weight is 191 g/mol. The van der Waals surface area contributed by atoms with Gasteiger partial charge in [0.05, 0.1) is 0 Å². The number of hydrogen-bond donors (Lipinski definition) is 0. The van der Waals surface area contributed by atoms with Crippen LogP contribution in [0.2, 0.25) is 0 Å². The van der Waals surface area contributed by atoms with Gasteiger partial charge in [0.25, 0.3) is 0 Å². The third kappa shape index (κ3) is 1.08. The van der Waals surface area contributed by atoms with Crippen molar-refractivity contribution in [2.45, 2.75) is 51.0 Å². The smallest absolute Gasteiger partial charge is 0.0498 e. The minimum atomic E-state index is 0.0214. The Labute approximate surface area is 84.5 Å². The number of nitrogens with zero attached hydrogens (tertiary/aromatic N) is 3. The van der Waals surface area contributed by atoms with Crippen LogP contribution in [-0.4, -0.2) is 5.54 Å². The highest BCUT2D eigenvalue weighted by atomic mass is 15.2. The molecule has 3 nitrogen and oxygen atoms in total. The van der Waals surface area contributed by atoms with Gasteiger partial charge in [0, 0.05) is 10.5 Å². The van der Waals surface area contributed by atoms with E-state index in [1.54, 1.807) is 0 Å². The Morgan fingerprint density at radius 3 is 2.36 bits per heavy atom. The van der Waals surface area contributed by atoms with Crippen molar-refractivity contribution in [3.63, 3.8) is 0 Å². The van der Waals surface area contributed by atoms with E-state index in [9.17, 15) is 0 Å². The summed E-state index contributed by atoms with van der Waals surface area (Å²) in [7, 11) is 0. The second kappa shape index (κ2) is 2.46. The summed E-state index contributed by atoms with van der Waals surface area (Å²) < 4.78 is 0. The molecule has 0 aromatic rings. The minimum absolute atomic E-state index is 0.0214. The number of hydrogen-bond acceptors (Lipinski definition) is 1. The van der Waals surface area contributed by atoms with Gasteiger partial charge in [0.2, 0.25) is 0 Å². The Balaban J connectivity index is 2.00. The molecule has 0 aliphatic heterocycles. The quantitative estimate of drug-likeness (QED) is 0.345. The topological polar surface area (TPSA) is 48.8 Å². The van der Waals surface area contributed by atoms with Gasteiger partial charge < -0.3 is 0 Å². The maximum Gasteiger partial charge on any atom is 0.0498 e. The standard InChI is InChI=1S/C11H17N3/c1-10-3-8-2-9(4-10)6-11(5-8,7-10)13-14-12/h8-9H,2-7H2,1H3/t8-,9-,10?,11?/m0/s1. The highest BCUT2D eigenvalue weighted by Gasteiger charge is 2.55. The Bertz CT molecular complexity index is 302. The van der Waals surface area contributed by atoms with Crippen LogP contribution in [0.4, 0.5) is 0 Å². The molecule has 4 saturated carbocycles. The molecule has 4 aliphatic carbocycles. The van der Waals surface area contributed by atoms with E-state index in [1.165, 1.54) is 32.1 Å². The molecule has 0 spiro atoms. The lowest BCUT2D eigenvalue weighted by molar-refractivity contribution is -0.0560. The van der Waals surface area contributed by atoms with E-state index in [4.69, 9.17) is 5.53 Å². The molecule has 0 aromatic heterocycles. The van der Waals surface area contributed by atoms with Crippen LogP contribution in [0, 0.1) is 17.3 Å². The van der Waals surface area contributed by atoms with Crippen LogP contribution in [0.3, 0.4) is 0 Å². The molecule has 0 saturated heterocycles. The van der Waals surface area contributed by atoms with Crippen LogP contribution in [0.25, 0.3) is 10.4 Å². The summed E-state index contributed by atoms with van der Waals surface area (Å²) in [6.07, 6.45) is 7.65. The molecule has 3 heteroatoms. The van der Waals surface area contributed by atoms with Crippen molar-refractivity contribution < 1.29 is 0 Å². The first-order valence-corrected chi connectivity index (χ1v) is 5.69. The summed E-state index contributed by atoms with van der Waals surface area (Å²) in [4.78, 5) is 3.08. The molecular weight excluding hydrogens is 174 g/mol. The molecule has 0 amide bonds. The molecule has 0 radical (unpaired) electrons. The largest absolute Gasteiger partial charge is 0.0872 e. The lowest BCUT2D eigenvalue weighted by Crippen LogP contribution is -2.53.